The van der Waals surface area contributed by atoms with Crippen molar-refractivity contribution in [1.29, 1.82) is 5.41 Å². The SMILES string of the molecule is CC.COCC(C)NC(=O)c1cn(SF)c2ncc(C(=N)c3ccc(F)cc3N)nc12. The second-order valence-corrected chi connectivity index (χ2v) is 6.83. The number of hydrogen-bond donors (Lipinski definition) is 3. The molecule has 0 aliphatic heterocycles. The summed E-state index contributed by atoms with van der Waals surface area (Å²) in [5.74, 6) is -1.01. The molecule has 3 rings (SSSR count). The van der Waals surface area contributed by atoms with Gasteiger partial charge >= 0.3 is 0 Å². The molecule has 0 bridgehead atoms. The first-order chi connectivity index (χ1) is 14.8. The smallest absolute Gasteiger partial charge is 0.255 e. The largest absolute Gasteiger partial charge is 0.398 e. The lowest BCUT2D eigenvalue weighted by molar-refractivity contribution is 0.0907. The molecule has 2 aromatic heterocycles. The van der Waals surface area contributed by atoms with Crippen molar-refractivity contribution in [2.24, 2.45) is 0 Å². The summed E-state index contributed by atoms with van der Waals surface area (Å²) in [6, 6.07) is 3.36. The number of carbonyl (C=O) groups is 1. The monoisotopic (exact) mass is 450 g/mol. The first kappa shape index (κ1) is 24.2. The van der Waals surface area contributed by atoms with Gasteiger partial charge in [0.05, 0.1) is 24.1 Å². The Morgan fingerprint density at radius 2 is 2.10 bits per heavy atom. The van der Waals surface area contributed by atoms with E-state index in [2.05, 4.69) is 15.3 Å². The van der Waals surface area contributed by atoms with Gasteiger partial charge in [-0.05, 0) is 25.1 Å². The minimum Gasteiger partial charge on any atom is -0.398 e. The third kappa shape index (κ3) is 5.36. The van der Waals surface area contributed by atoms with E-state index < -0.39 is 11.7 Å². The Kier molecular flexibility index (Phi) is 8.46. The number of carbonyl (C=O) groups excluding carboxylic acids is 1. The van der Waals surface area contributed by atoms with Crippen molar-refractivity contribution in [2.45, 2.75) is 26.8 Å². The first-order valence-corrected chi connectivity index (χ1v) is 10.1. The number of benzene rings is 1. The fraction of sp³-hybridized carbons (Fsp3) is 0.300. The first-order valence-electron chi connectivity index (χ1n) is 9.47. The number of ether oxygens (including phenoxy) is 1. The number of aromatic nitrogens is 3. The zero-order valence-corrected chi connectivity index (χ0v) is 18.4. The molecule has 166 valence electrons. The number of nitrogens with two attached hydrogens (primary N) is 1. The Balaban J connectivity index is 0.00000166. The van der Waals surface area contributed by atoms with Gasteiger partial charge in [0.1, 0.15) is 17.0 Å². The van der Waals surface area contributed by atoms with Crippen LogP contribution in [0.25, 0.3) is 11.2 Å². The van der Waals surface area contributed by atoms with E-state index in [1.807, 2.05) is 13.8 Å². The van der Waals surface area contributed by atoms with Crippen LogP contribution in [0.3, 0.4) is 0 Å². The molecule has 31 heavy (non-hydrogen) atoms. The maximum absolute atomic E-state index is 13.3. The summed E-state index contributed by atoms with van der Waals surface area (Å²) in [6.45, 7) is 6.06. The van der Waals surface area contributed by atoms with E-state index >= 15 is 0 Å². The molecule has 2 heterocycles. The van der Waals surface area contributed by atoms with Crippen LogP contribution >= 0.6 is 12.3 Å². The highest BCUT2D eigenvalue weighted by atomic mass is 32.2. The molecule has 11 heteroatoms. The number of fused-ring (bicyclic) bond motifs is 1. The molecule has 0 aliphatic rings. The van der Waals surface area contributed by atoms with Crippen molar-refractivity contribution < 1.29 is 17.8 Å². The molecule has 1 unspecified atom stereocenters. The molecule has 0 spiro atoms. The average Bonchev–Trinajstić information content (AvgIpc) is 3.13. The molecule has 0 aliphatic carbocycles. The quantitative estimate of drug-likeness (QED) is 0.373. The summed E-state index contributed by atoms with van der Waals surface area (Å²) in [4.78, 5) is 21.1. The molecule has 1 aromatic carbocycles. The summed E-state index contributed by atoms with van der Waals surface area (Å²) in [7, 11) is 1.51. The predicted octanol–water partition coefficient (Wildman–Crippen LogP) is 3.74. The molecule has 1 atom stereocenters. The van der Waals surface area contributed by atoms with Crippen molar-refractivity contribution in [1.82, 2.24) is 19.3 Å². The number of anilines is 1. The van der Waals surface area contributed by atoms with Crippen LogP contribution in [0.2, 0.25) is 0 Å². The Hall–Kier alpha value is -3.05. The molecule has 3 aromatic rings. The predicted molar refractivity (Wildman–Crippen MR) is 119 cm³/mol. The zero-order chi connectivity index (χ0) is 23.1. The van der Waals surface area contributed by atoms with Gasteiger partial charge in [-0.25, -0.2) is 18.3 Å². The molecular weight excluding hydrogens is 426 g/mol. The van der Waals surface area contributed by atoms with Crippen LogP contribution in [0.15, 0.2) is 30.6 Å². The van der Waals surface area contributed by atoms with Crippen molar-refractivity contribution in [2.75, 3.05) is 19.5 Å². The third-order valence-electron chi connectivity index (χ3n) is 4.12. The summed E-state index contributed by atoms with van der Waals surface area (Å²) in [5, 5.41) is 11.1. The van der Waals surface area contributed by atoms with Gasteiger partial charge in [0.25, 0.3) is 5.91 Å². The van der Waals surface area contributed by atoms with Gasteiger partial charge in [0.15, 0.2) is 18.0 Å². The lowest BCUT2D eigenvalue weighted by atomic mass is 10.1. The Labute approximate surface area is 183 Å². The fourth-order valence-electron chi connectivity index (χ4n) is 2.80. The fourth-order valence-corrected chi connectivity index (χ4v) is 3.14. The van der Waals surface area contributed by atoms with Crippen molar-refractivity contribution in [3.05, 3.63) is 53.2 Å². The van der Waals surface area contributed by atoms with E-state index in [0.29, 0.717) is 6.61 Å². The average molecular weight is 451 g/mol. The number of nitrogen functional groups attached to an aromatic ring is 1. The maximum Gasteiger partial charge on any atom is 0.255 e. The van der Waals surface area contributed by atoms with Crippen LogP contribution in [0.4, 0.5) is 14.0 Å². The number of nitrogens with zero attached hydrogens (tertiary/aromatic N) is 3. The van der Waals surface area contributed by atoms with Gasteiger partial charge in [0.2, 0.25) is 0 Å². The van der Waals surface area contributed by atoms with E-state index in [1.165, 1.54) is 31.6 Å². The second kappa shape index (κ2) is 10.8. The second-order valence-electron chi connectivity index (χ2n) is 6.30. The highest BCUT2D eigenvalue weighted by molar-refractivity contribution is 7.92. The van der Waals surface area contributed by atoms with E-state index in [0.717, 1.165) is 10.0 Å². The zero-order valence-electron chi connectivity index (χ0n) is 17.6. The maximum atomic E-state index is 13.3. The minimum atomic E-state index is -0.526. The van der Waals surface area contributed by atoms with E-state index in [-0.39, 0.29) is 57.8 Å². The summed E-state index contributed by atoms with van der Waals surface area (Å²) in [6.07, 6.45) is 2.55. The van der Waals surface area contributed by atoms with Crippen molar-refractivity contribution >= 4 is 40.8 Å². The summed E-state index contributed by atoms with van der Waals surface area (Å²) >= 11 is -0.126. The summed E-state index contributed by atoms with van der Waals surface area (Å²) in [5.41, 5.74) is 6.49. The molecule has 4 N–H and O–H groups in total. The molecule has 1 amide bonds. The number of methoxy groups -OCH3 is 1. The molecule has 0 saturated carbocycles. The van der Waals surface area contributed by atoms with E-state index in [1.54, 1.807) is 6.92 Å². The molecular formula is C20H24F2N6O2S. The van der Waals surface area contributed by atoms with Crippen LogP contribution in [0.1, 0.15) is 42.4 Å². The van der Waals surface area contributed by atoms with E-state index in [9.17, 15) is 13.1 Å². The number of nitrogens with one attached hydrogen (secondary N) is 2. The van der Waals surface area contributed by atoms with Gasteiger partial charge in [-0.1, -0.05) is 13.8 Å². The van der Waals surface area contributed by atoms with Crippen LogP contribution in [-0.4, -0.2) is 45.3 Å². The van der Waals surface area contributed by atoms with Gasteiger partial charge in [-0.15, -0.1) is 3.89 Å². The highest BCUT2D eigenvalue weighted by Crippen LogP contribution is 2.24. The molecule has 8 nitrogen and oxygen atoms in total. The van der Waals surface area contributed by atoms with E-state index in [4.69, 9.17) is 15.9 Å². The number of halogens is 2. The summed E-state index contributed by atoms with van der Waals surface area (Å²) < 4.78 is 32.6. The van der Waals surface area contributed by atoms with Crippen LogP contribution in [0, 0.1) is 11.2 Å². The third-order valence-corrected chi connectivity index (χ3v) is 4.54. The van der Waals surface area contributed by atoms with Gasteiger partial charge in [-0.2, -0.15) is 0 Å². The van der Waals surface area contributed by atoms with Gasteiger partial charge in [-0.3, -0.25) is 10.2 Å². The molecule has 0 fully saturated rings. The van der Waals surface area contributed by atoms with Crippen molar-refractivity contribution in [3.63, 3.8) is 0 Å². The number of hydrogen-bond acceptors (Lipinski definition) is 7. The van der Waals surface area contributed by atoms with Gasteiger partial charge < -0.3 is 15.8 Å². The lowest BCUT2D eigenvalue weighted by Crippen LogP contribution is -2.35. The normalized spacial score (nSPS) is 11.5. The Morgan fingerprint density at radius 1 is 1.39 bits per heavy atom. The number of rotatable bonds is 7. The lowest BCUT2D eigenvalue weighted by Gasteiger charge is -2.12. The topological polar surface area (TPSA) is 119 Å². The van der Waals surface area contributed by atoms with Gasteiger partial charge in [0, 0.05) is 30.6 Å². The standard InChI is InChI=1S/C18H18F2N6O2S.C2H6/c1-9(8-28-2)24-18(27)12-7-26(29-20)17-16(12)25-14(6-23-17)15(22)11-4-3-10(19)5-13(11)21;1-2/h3-7,9,22H,8,21H2,1-2H3,(H,24,27);1-2H3. The van der Waals surface area contributed by atoms with Crippen molar-refractivity contribution in [3.8, 4) is 0 Å². The number of amides is 1. The molecule has 0 radical (unpaired) electrons. The molecule has 0 saturated heterocycles. The Morgan fingerprint density at radius 3 is 2.71 bits per heavy atom. The highest BCUT2D eigenvalue weighted by Gasteiger charge is 2.21. The van der Waals surface area contributed by atoms with Crippen LogP contribution in [-0.2, 0) is 4.74 Å². The minimum absolute atomic E-state index is 0.0696. The van der Waals surface area contributed by atoms with Crippen LogP contribution in [0.5, 0.6) is 0 Å². The van der Waals surface area contributed by atoms with Crippen LogP contribution < -0.4 is 11.1 Å². The Bertz CT molecular complexity index is 1090.